The lowest BCUT2D eigenvalue weighted by Gasteiger charge is -2.11. The number of methoxy groups -OCH3 is 2. The molecule has 1 aliphatic carbocycles. The summed E-state index contributed by atoms with van der Waals surface area (Å²) >= 11 is 0. The standard InChI is InChI=1S/C23H20O3/c1-25-19-9-5-15(6-10-19)22-14-17-13-20(26-2)11-12-21(17)23(22)16-3-7-18(24)8-4-16/h3-13,24H,14H2,1-2H3. The van der Waals surface area contributed by atoms with Gasteiger partial charge in [-0.25, -0.2) is 0 Å². The monoisotopic (exact) mass is 344 g/mol. The van der Waals surface area contributed by atoms with Crippen LogP contribution < -0.4 is 9.47 Å². The minimum atomic E-state index is 0.272. The van der Waals surface area contributed by atoms with E-state index >= 15 is 0 Å². The molecule has 0 bridgehead atoms. The molecule has 0 fully saturated rings. The van der Waals surface area contributed by atoms with Crippen LogP contribution in [0.3, 0.4) is 0 Å². The smallest absolute Gasteiger partial charge is 0.119 e. The Bertz CT molecular complexity index is 967. The van der Waals surface area contributed by atoms with Gasteiger partial charge in [-0.1, -0.05) is 30.3 Å². The lowest BCUT2D eigenvalue weighted by molar-refractivity contribution is 0.414. The van der Waals surface area contributed by atoms with Gasteiger partial charge in [-0.05, 0) is 76.2 Å². The van der Waals surface area contributed by atoms with Crippen molar-refractivity contribution < 1.29 is 14.6 Å². The van der Waals surface area contributed by atoms with Crippen LogP contribution in [-0.4, -0.2) is 19.3 Å². The molecule has 130 valence electrons. The number of ether oxygens (including phenoxy) is 2. The van der Waals surface area contributed by atoms with Gasteiger partial charge in [0.2, 0.25) is 0 Å². The summed E-state index contributed by atoms with van der Waals surface area (Å²) in [5, 5.41) is 9.66. The average molecular weight is 344 g/mol. The van der Waals surface area contributed by atoms with Crippen molar-refractivity contribution in [3.8, 4) is 17.2 Å². The van der Waals surface area contributed by atoms with Crippen molar-refractivity contribution in [2.24, 2.45) is 0 Å². The van der Waals surface area contributed by atoms with Gasteiger partial charge in [-0.3, -0.25) is 0 Å². The first-order valence-corrected chi connectivity index (χ1v) is 8.54. The molecule has 0 radical (unpaired) electrons. The first kappa shape index (κ1) is 16.3. The summed E-state index contributed by atoms with van der Waals surface area (Å²) in [6.45, 7) is 0. The zero-order valence-electron chi connectivity index (χ0n) is 14.8. The Morgan fingerprint density at radius 1 is 0.731 bits per heavy atom. The second-order valence-electron chi connectivity index (χ2n) is 6.33. The van der Waals surface area contributed by atoms with Crippen molar-refractivity contribution in [3.05, 3.63) is 89.0 Å². The number of phenolic OH excluding ortho intramolecular Hbond substituents is 1. The van der Waals surface area contributed by atoms with E-state index in [9.17, 15) is 5.11 Å². The van der Waals surface area contributed by atoms with Gasteiger partial charge in [0.1, 0.15) is 17.2 Å². The normalized spacial score (nSPS) is 12.8. The number of allylic oxidation sites excluding steroid dienone is 1. The van der Waals surface area contributed by atoms with E-state index in [0.29, 0.717) is 0 Å². The molecular formula is C23H20O3. The minimum Gasteiger partial charge on any atom is -0.508 e. The predicted octanol–water partition coefficient (Wildman–Crippen LogP) is 4.92. The molecule has 0 heterocycles. The summed E-state index contributed by atoms with van der Waals surface area (Å²) in [4.78, 5) is 0. The predicted molar refractivity (Wildman–Crippen MR) is 104 cm³/mol. The van der Waals surface area contributed by atoms with Crippen LogP contribution in [0.5, 0.6) is 17.2 Å². The molecule has 0 aliphatic heterocycles. The molecule has 0 spiro atoms. The van der Waals surface area contributed by atoms with Crippen molar-refractivity contribution in [2.45, 2.75) is 6.42 Å². The van der Waals surface area contributed by atoms with Crippen molar-refractivity contribution in [2.75, 3.05) is 14.2 Å². The first-order chi connectivity index (χ1) is 12.7. The molecule has 0 saturated carbocycles. The van der Waals surface area contributed by atoms with Crippen LogP contribution in [0.2, 0.25) is 0 Å². The second kappa shape index (κ2) is 6.60. The lowest BCUT2D eigenvalue weighted by atomic mass is 9.94. The molecule has 3 aromatic carbocycles. The molecule has 3 aromatic rings. The van der Waals surface area contributed by atoms with E-state index in [1.165, 1.54) is 27.8 Å². The highest BCUT2D eigenvalue weighted by Gasteiger charge is 2.24. The Balaban J connectivity index is 1.88. The maximum absolute atomic E-state index is 9.66. The molecule has 1 N–H and O–H groups in total. The average Bonchev–Trinajstić information content (AvgIpc) is 3.07. The van der Waals surface area contributed by atoms with E-state index in [0.717, 1.165) is 23.5 Å². The van der Waals surface area contributed by atoms with Gasteiger partial charge in [0.25, 0.3) is 0 Å². The quantitative estimate of drug-likeness (QED) is 0.730. The lowest BCUT2D eigenvalue weighted by Crippen LogP contribution is -1.90. The van der Waals surface area contributed by atoms with E-state index in [1.807, 2.05) is 30.3 Å². The van der Waals surface area contributed by atoms with E-state index in [2.05, 4.69) is 24.3 Å². The van der Waals surface area contributed by atoms with Gasteiger partial charge in [-0.2, -0.15) is 0 Å². The van der Waals surface area contributed by atoms with Gasteiger partial charge in [0, 0.05) is 0 Å². The maximum Gasteiger partial charge on any atom is 0.119 e. The van der Waals surface area contributed by atoms with E-state index in [4.69, 9.17) is 9.47 Å². The van der Waals surface area contributed by atoms with Crippen LogP contribution in [0, 0.1) is 0 Å². The Morgan fingerprint density at radius 2 is 1.35 bits per heavy atom. The number of benzene rings is 3. The third-order valence-electron chi connectivity index (χ3n) is 4.85. The molecule has 1 aliphatic rings. The fraction of sp³-hybridized carbons (Fsp3) is 0.130. The zero-order chi connectivity index (χ0) is 18.1. The van der Waals surface area contributed by atoms with Crippen LogP contribution in [0.25, 0.3) is 11.1 Å². The number of hydrogen-bond acceptors (Lipinski definition) is 3. The van der Waals surface area contributed by atoms with Crippen molar-refractivity contribution in [1.82, 2.24) is 0 Å². The zero-order valence-corrected chi connectivity index (χ0v) is 14.8. The summed E-state index contributed by atoms with van der Waals surface area (Å²) in [7, 11) is 3.36. The summed E-state index contributed by atoms with van der Waals surface area (Å²) in [5.41, 5.74) is 7.19. The van der Waals surface area contributed by atoms with Crippen molar-refractivity contribution in [1.29, 1.82) is 0 Å². The number of hydrogen-bond donors (Lipinski definition) is 1. The topological polar surface area (TPSA) is 38.7 Å². The Labute approximate surface area is 153 Å². The molecule has 0 aromatic heterocycles. The van der Waals surface area contributed by atoms with Gasteiger partial charge >= 0.3 is 0 Å². The third kappa shape index (κ3) is 2.82. The third-order valence-corrected chi connectivity index (χ3v) is 4.85. The van der Waals surface area contributed by atoms with E-state index < -0.39 is 0 Å². The molecule has 0 amide bonds. The summed E-state index contributed by atoms with van der Waals surface area (Å²) < 4.78 is 10.7. The van der Waals surface area contributed by atoms with E-state index in [1.54, 1.807) is 26.4 Å². The van der Waals surface area contributed by atoms with E-state index in [-0.39, 0.29) is 5.75 Å². The SMILES string of the molecule is COc1ccc(C2=C(c3ccc(O)cc3)c3ccc(OC)cc3C2)cc1. The number of rotatable bonds is 4. The van der Waals surface area contributed by atoms with Crippen LogP contribution in [0.4, 0.5) is 0 Å². The summed E-state index contributed by atoms with van der Waals surface area (Å²) in [6.07, 6.45) is 0.842. The largest absolute Gasteiger partial charge is 0.508 e. The first-order valence-electron chi connectivity index (χ1n) is 8.54. The molecule has 0 saturated heterocycles. The van der Waals surface area contributed by atoms with Crippen molar-refractivity contribution in [3.63, 3.8) is 0 Å². The molecule has 4 rings (SSSR count). The van der Waals surface area contributed by atoms with Gasteiger partial charge in [-0.15, -0.1) is 0 Å². The highest BCUT2D eigenvalue weighted by molar-refractivity contribution is 6.03. The van der Waals surface area contributed by atoms with Crippen LogP contribution in [0.1, 0.15) is 22.3 Å². The molecule has 3 heteroatoms. The van der Waals surface area contributed by atoms with Gasteiger partial charge < -0.3 is 14.6 Å². The molecular weight excluding hydrogens is 324 g/mol. The molecule has 3 nitrogen and oxygen atoms in total. The fourth-order valence-electron chi connectivity index (χ4n) is 3.53. The number of fused-ring (bicyclic) bond motifs is 1. The van der Waals surface area contributed by atoms with Gasteiger partial charge in [0.05, 0.1) is 14.2 Å². The highest BCUT2D eigenvalue weighted by Crippen LogP contribution is 2.43. The van der Waals surface area contributed by atoms with Crippen molar-refractivity contribution >= 4 is 11.1 Å². The highest BCUT2D eigenvalue weighted by atomic mass is 16.5. The molecule has 26 heavy (non-hydrogen) atoms. The van der Waals surface area contributed by atoms with Crippen LogP contribution in [0.15, 0.2) is 66.7 Å². The van der Waals surface area contributed by atoms with Crippen LogP contribution >= 0.6 is 0 Å². The maximum atomic E-state index is 9.66. The van der Waals surface area contributed by atoms with Crippen LogP contribution in [-0.2, 0) is 6.42 Å². The van der Waals surface area contributed by atoms with Gasteiger partial charge in [0.15, 0.2) is 0 Å². The molecule has 0 atom stereocenters. The second-order valence-corrected chi connectivity index (χ2v) is 6.33. The molecule has 0 unspecified atom stereocenters. The Morgan fingerprint density at radius 3 is 2.00 bits per heavy atom. The Hall–Kier alpha value is -3.20. The minimum absolute atomic E-state index is 0.272. The number of aromatic hydroxyl groups is 1. The summed E-state index contributed by atoms with van der Waals surface area (Å²) in [5.74, 6) is 1.98. The Kier molecular flexibility index (Phi) is 4.13. The summed E-state index contributed by atoms with van der Waals surface area (Å²) in [6, 6.07) is 21.8. The fourth-order valence-corrected chi connectivity index (χ4v) is 3.53. The number of phenols is 1.